The van der Waals surface area contributed by atoms with Crippen LogP contribution < -0.4 is 5.32 Å². The van der Waals surface area contributed by atoms with Gasteiger partial charge in [-0.3, -0.25) is 4.79 Å². The average Bonchev–Trinajstić information content (AvgIpc) is 3.15. The average molecular weight is 730 g/mol. The number of rotatable bonds is 42. The topological polar surface area (TPSA) is 69.6 Å². The van der Waals surface area contributed by atoms with Crippen molar-refractivity contribution in [2.24, 2.45) is 0 Å². The largest absolute Gasteiger partial charge is 0.394 e. The Morgan fingerprint density at radius 1 is 0.442 bits per heavy atom. The summed E-state index contributed by atoms with van der Waals surface area (Å²) in [6.45, 7) is 4.30. The Labute approximate surface area is 325 Å². The van der Waals surface area contributed by atoms with Crippen LogP contribution in [0, 0.1) is 0 Å². The summed E-state index contributed by atoms with van der Waals surface area (Å²) in [5, 5.41) is 23.0. The minimum atomic E-state index is -0.861. The van der Waals surface area contributed by atoms with Gasteiger partial charge in [0.2, 0.25) is 5.91 Å². The van der Waals surface area contributed by atoms with E-state index >= 15 is 0 Å². The van der Waals surface area contributed by atoms with E-state index in [4.69, 9.17) is 0 Å². The number of allylic oxidation sites excluding steroid dienone is 5. The molecule has 0 aromatic carbocycles. The van der Waals surface area contributed by atoms with Gasteiger partial charge < -0.3 is 15.5 Å². The second-order valence-corrected chi connectivity index (χ2v) is 15.8. The maximum absolute atomic E-state index is 12.4. The Kier molecular flexibility index (Phi) is 42.8. The molecule has 0 radical (unpaired) electrons. The first-order valence-corrected chi connectivity index (χ1v) is 23.2. The molecule has 4 nitrogen and oxygen atoms in total. The molecule has 306 valence electrons. The Bertz CT molecular complexity index is 790. The van der Waals surface area contributed by atoms with Crippen molar-refractivity contribution in [1.29, 1.82) is 0 Å². The van der Waals surface area contributed by atoms with Crippen LogP contribution in [0.2, 0.25) is 0 Å². The van der Waals surface area contributed by atoms with Gasteiger partial charge >= 0.3 is 0 Å². The minimum Gasteiger partial charge on any atom is -0.394 e. The van der Waals surface area contributed by atoms with Crippen LogP contribution in [-0.2, 0) is 4.79 Å². The van der Waals surface area contributed by atoms with Gasteiger partial charge in [0.1, 0.15) is 0 Å². The molecule has 1 amide bonds. The highest BCUT2D eigenvalue weighted by Gasteiger charge is 2.17. The first kappa shape index (κ1) is 50.6. The van der Waals surface area contributed by atoms with Crippen LogP contribution in [0.15, 0.2) is 36.5 Å². The molecule has 0 fully saturated rings. The molecular weight excluding hydrogens is 639 g/mol. The van der Waals surface area contributed by atoms with Crippen molar-refractivity contribution in [1.82, 2.24) is 5.32 Å². The third-order valence-corrected chi connectivity index (χ3v) is 10.6. The fraction of sp³-hybridized carbons (Fsp3) is 0.854. The first-order chi connectivity index (χ1) is 25.7. The van der Waals surface area contributed by atoms with Gasteiger partial charge in [0.05, 0.1) is 18.8 Å². The lowest BCUT2D eigenvalue weighted by molar-refractivity contribution is -0.123. The first-order valence-electron chi connectivity index (χ1n) is 23.2. The van der Waals surface area contributed by atoms with Gasteiger partial charge in [-0.1, -0.05) is 217 Å². The summed E-state index contributed by atoms with van der Waals surface area (Å²) in [5.74, 6) is -0.0745. The van der Waals surface area contributed by atoms with Gasteiger partial charge in [-0.25, -0.2) is 0 Å². The summed E-state index contributed by atoms with van der Waals surface area (Å²) in [4.78, 5) is 12.4. The molecule has 3 N–H and O–H groups in total. The fourth-order valence-electron chi connectivity index (χ4n) is 7.01. The predicted octanol–water partition coefficient (Wildman–Crippen LogP) is 14.6. The van der Waals surface area contributed by atoms with E-state index < -0.39 is 12.1 Å². The highest BCUT2D eigenvalue weighted by atomic mass is 16.3. The van der Waals surface area contributed by atoms with Crippen molar-refractivity contribution in [3.63, 3.8) is 0 Å². The van der Waals surface area contributed by atoms with E-state index in [1.807, 2.05) is 6.08 Å². The molecule has 0 aromatic rings. The maximum atomic E-state index is 12.4. The highest BCUT2D eigenvalue weighted by Crippen LogP contribution is 2.15. The lowest BCUT2D eigenvalue weighted by atomic mass is 10.0. The molecular formula is C48H91NO3. The number of aliphatic hydroxyl groups excluding tert-OH is 2. The van der Waals surface area contributed by atoms with Gasteiger partial charge in [-0.15, -0.1) is 0 Å². The number of carbonyl (C=O) groups is 1. The van der Waals surface area contributed by atoms with E-state index in [1.54, 1.807) is 6.08 Å². The van der Waals surface area contributed by atoms with Crippen molar-refractivity contribution < 1.29 is 15.0 Å². The Balaban J connectivity index is 3.53. The monoisotopic (exact) mass is 730 g/mol. The van der Waals surface area contributed by atoms with Crippen LogP contribution in [0.5, 0.6) is 0 Å². The Hall–Kier alpha value is -1.39. The number of hydrogen-bond donors (Lipinski definition) is 3. The lowest BCUT2D eigenvalue weighted by Crippen LogP contribution is -2.45. The number of unbranched alkanes of at least 4 members (excludes halogenated alkanes) is 31. The molecule has 0 saturated heterocycles. The molecule has 0 saturated carbocycles. The zero-order valence-electron chi connectivity index (χ0n) is 35.1. The minimum absolute atomic E-state index is 0.0745. The van der Waals surface area contributed by atoms with E-state index in [1.165, 1.54) is 193 Å². The zero-order valence-corrected chi connectivity index (χ0v) is 35.1. The molecule has 0 spiro atoms. The smallest absolute Gasteiger partial charge is 0.220 e. The molecule has 0 bridgehead atoms. The SMILES string of the molecule is CCCCCCCCCC/C=C/CC/C=C/C(O)C(CO)NC(=O)CCCCCCCCCCCC/C=C\CCCCCCCCCCCCCC. The van der Waals surface area contributed by atoms with Crippen molar-refractivity contribution in [3.05, 3.63) is 36.5 Å². The summed E-state index contributed by atoms with van der Waals surface area (Å²) in [5.41, 5.74) is 0. The molecule has 2 unspecified atom stereocenters. The van der Waals surface area contributed by atoms with Crippen LogP contribution in [-0.4, -0.2) is 34.9 Å². The van der Waals surface area contributed by atoms with Crippen molar-refractivity contribution >= 4 is 5.91 Å². The van der Waals surface area contributed by atoms with Crippen LogP contribution >= 0.6 is 0 Å². The number of amides is 1. The van der Waals surface area contributed by atoms with Gasteiger partial charge in [0.25, 0.3) is 0 Å². The number of carbonyl (C=O) groups excluding carboxylic acids is 1. The van der Waals surface area contributed by atoms with Crippen LogP contribution in [0.25, 0.3) is 0 Å². The van der Waals surface area contributed by atoms with E-state index in [0.717, 1.165) is 32.1 Å². The summed E-state index contributed by atoms with van der Waals surface area (Å²) >= 11 is 0. The van der Waals surface area contributed by atoms with Crippen LogP contribution in [0.3, 0.4) is 0 Å². The summed E-state index contributed by atoms with van der Waals surface area (Å²) in [6, 6.07) is -0.638. The quantitative estimate of drug-likeness (QED) is 0.0433. The summed E-state index contributed by atoms with van der Waals surface area (Å²) < 4.78 is 0. The molecule has 0 rings (SSSR count). The summed E-state index contributed by atoms with van der Waals surface area (Å²) in [6.07, 6.45) is 58.4. The molecule has 2 atom stereocenters. The van der Waals surface area contributed by atoms with Gasteiger partial charge in [0.15, 0.2) is 0 Å². The molecule has 0 aromatic heterocycles. The third kappa shape index (κ3) is 39.8. The van der Waals surface area contributed by atoms with E-state index in [2.05, 4.69) is 43.5 Å². The van der Waals surface area contributed by atoms with E-state index in [0.29, 0.717) is 6.42 Å². The molecule has 0 aliphatic rings. The van der Waals surface area contributed by atoms with Gasteiger partial charge in [-0.2, -0.15) is 0 Å². The second-order valence-electron chi connectivity index (χ2n) is 15.8. The molecule has 4 heteroatoms. The molecule has 0 heterocycles. The Morgan fingerprint density at radius 3 is 1.12 bits per heavy atom. The lowest BCUT2D eigenvalue weighted by Gasteiger charge is -2.19. The standard InChI is InChI=1S/C48H91NO3/c1-3-5-7-9-11-13-15-17-19-20-21-22-23-24-25-26-27-28-29-30-32-34-36-38-40-42-44-48(52)49-46(45-50)47(51)43-41-39-37-35-33-31-18-16-14-12-10-8-6-4-2/h24-25,33,35,41,43,46-47,50-51H,3-23,26-32,34,36-40,42,44-45H2,1-2H3,(H,49,52)/b25-24-,35-33+,43-41+. The molecule has 52 heavy (non-hydrogen) atoms. The fourth-order valence-corrected chi connectivity index (χ4v) is 7.01. The summed E-state index contributed by atoms with van der Waals surface area (Å²) in [7, 11) is 0. The second kappa shape index (κ2) is 44.0. The normalized spacial score (nSPS) is 13.2. The predicted molar refractivity (Wildman–Crippen MR) is 230 cm³/mol. The van der Waals surface area contributed by atoms with E-state index in [-0.39, 0.29) is 12.5 Å². The van der Waals surface area contributed by atoms with Crippen molar-refractivity contribution in [2.75, 3.05) is 6.61 Å². The highest BCUT2D eigenvalue weighted by molar-refractivity contribution is 5.76. The number of hydrogen-bond acceptors (Lipinski definition) is 3. The van der Waals surface area contributed by atoms with E-state index in [9.17, 15) is 15.0 Å². The molecule has 0 aliphatic heterocycles. The third-order valence-electron chi connectivity index (χ3n) is 10.6. The van der Waals surface area contributed by atoms with Crippen LogP contribution in [0.4, 0.5) is 0 Å². The van der Waals surface area contributed by atoms with Gasteiger partial charge in [0, 0.05) is 6.42 Å². The molecule has 0 aliphatic carbocycles. The van der Waals surface area contributed by atoms with Gasteiger partial charge in [-0.05, 0) is 57.8 Å². The van der Waals surface area contributed by atoms with Crippen molar-refractivity contribution in [2.45, 2.75) is 257 Å². The van der Waals surface area contributed by atoms with Crippen molar-refractivity contribution in [3.8, 4) is 0 Å². The Morgan fingerprint density at radius 2 is 0.750 bits per heavy atom. The number of nitrogens with one attached hydrogen (secondary N) is 1. The maximum Gasteiger partial charge on any atom is 0.220 e. The zero-order chi connectivity index (χ0) is 37.8. The van der Waals surface area contributed by atoms with Crippen LogP contribution in [0.1, 0.15) is 245 Å². The number of aliphatic hydroxyl groups is 2.